The van der Waals surface area contributed by atoms with Crippen molar-refractivity contribution in [2.24, 2.45) is 11.3 Å². The number of benzene rings is 1. The standard InChI is InChI=1S/C17H23NOS/c1-17(2,3)13-9-16(19)18(10-13)11-14-8-12-6-4-5-7-15(12)20-14/h4-7,13-14H,8-11H2,1-3H3. The van der Waals surface area contributed by atoms with Gasteiger partial charge in [-0.05, 0) is 29.4 Å². The zero-order valence-corrected chi connectivity index (χ0v) is 13.4. The minimum atomic E-state index is 0.232. The number of carbonyl (C=O) groups excluding carboxylic acids is 1. The van der Waals surface area contributed by atoms with Gasteiger partial charge in [0.25, 0.3) is 0 Å². The number of carbonyl (C=O) groups is 1. The van der Waals surface area contributed by atoms with Crippen LogP contribution < -0.4 is 0 Å². The number of hydrogen-bond acceptors (Lipinski definition) is 2. The van der Waals surface area contributed by atoms with E-state index < -0.39 is 0 Å². The quantitative estimate of drug-likeness (QED) is 0.829. The first-order valence-corrected chi connectivity index (χ1v) is 8.34. The Labute approximate surface area is 125 Å². The van der Waals surface area contributed by atoms with Crippen molar-refractivity contribution in [2.75, 3.05) is 13.1 Å². The highest BCUT2D eigenvalue weighted by atomic mass is 32.2. The van der Waals surface area contributed by atoms with Gasteiger partial charge in [0.05, 0.1) is 0 Å². The van der Waals surface area contributed by atoms with Gasteiger partial charge in [-0.25, -0.2) is 0 Å². The van der Waals surface area contributed by atoms with Crippen LogP contribution in [0, 0.1) is 11.3 Å². The second-order valence-corrected chi connectivity index (χ2v) is 8.46. The fourth-order valence-electron chi connectivity index (χ4n) is 3.13. The molecular weight excluding hydrogens is 266 g/mol. The van der Waals surface area contributed by atoms with E-state index in [1.807, 2.05) is 11.8 Å². The molecule has 1 aromatic carbocycles. The van der Waals surface area contributed by atoms with Crippen LogP contribution in [0.4, 0.5) is 0 Å². The van der Waals surface area contributed by atoms with Crippen LogP contribution >= 0.6 is 11.8 Å². The molecule has 2 aliphatic rings. The molecule has 0 aromatic heterocycles. The van der Waals surface area contributed by atoms with Crippen molar-refractivity contribution in [3.8, 4) is 0 Å². The van der Waals surface area contributed by atoms with Gasteiger partial charge in [-0.1, -0.05) is 39.0 Å². The molecule has 0 saturated carbocycles. The molecule has 0 radical (unpaired) electrons. The summed E-state index contributed by atoms with van der Waals surface area (Å²) in [6, 6.07) is 8.62. The van der Waals surface area contributed by atoms with Crippen molar-refractivity contribution in [3.63, 3.8) is 0 Å². The maximum atomic E-state index is 12.2. The van der Waals surface area contributed by atoms with Crippen LogP contribution in [0.15, 0.2) is 29.2 Å². The van der Waals surface area contributed by atoms with Crippen molar-refractivity contribution in [2.45, 2.75) is 43.8 Å². The highest BCUT2D eigenvalue weighted by Crippen LogP contribution is 2.39. The molecular formula is C17H23NOS. The molecule has 0 spiro atoms. The highest BCUT2D eigenvalue weighted by Gasteiger charge is 2.38. The van der Waals surface area contributed by atoms with Gasteiger partial charge in [0.1, 0.15) is 0 Å². The Kier molecular flexibility index (Phi) is 3.57. The van der Waals surface area contributed by atoms with E-state index >= 15 is 0 Å². The molecule has 2 aliphatic heterocycles. The van der Waals surface area contributed by atoms with Gasteiger partial charge in [0.2, 0.25) is 5.91 Å². The zero-order valence-electron chi connectivity index (χ0n) is 12.6. The summed E-state index contributed by atoms with van der Waals surface area (Å²) in [6.07, 6.45) is 1.83. The first-order valence-electron chi connectivity index (χ1n) is 7.46. The Morgan fingerprint density at radius 1 is 1.25 bits per heavy atom. The molecule has 1 amide bonds. The van der Waals surface area contributed by atoms with Gasteiger partial charge in [0.15, 0.2) is 0 Å². The third kappa shape index (κ3) is 2.73. The van der Waals surface area contributed by atoms with E-state index in [2.05, 4.69) is 49.9 Å². The van der Waals surface area contributed by atoms with Crippen molar-refractivity contribution < 1.29 is 4.79 Å². The van der Waals surface area contributed by atoms with E-state index in [0.717, 1.165) is 25.9 Å². The predicted molar refractivity (Wildman–Crippen MR) is 83.9 cm³/mol. The molecule has 108 valence electrons. The van der Waals surface area contributed by atoms with E-state index in [1.54, 1.807) is 0 Å². The summed E-state index contributed by atoms with van der Waals surface area (Å²) in [5, 5.41) is 0.537. The lowest BCUT2D eigenvalue weighted by molar-refractivity contribution is -0.127. The summed E-state index contributed by atoms with van der Waals surface area (Å²) < 4.78 is 0. The normalized spacial score (nSPS) is 26.1. The summed E-state index contributed by atoms with van der Waals surface area (Å²) in [6.45, 7) is 8.58. The minimum Gasteiger partial charge on any atom is -0.341 e. The highest BCUT2D eigenvalue weighted by molar-refractivity contribution is 8.00. The molecule has 0 aliphatic carbocycles. The summed E-state index contributed by atoms with van der Waals surface area (Å²) in [7, 11) is 0. The van der Waals surface area contributed by atoms with E-state index in [9.17, 15) is 4.79 Å². The Balaban J connectivity index is 1.62. The summed E-state index contributed by atoms with van der Waals surface area (Å²) in [4.78, 5) is 15.7. The summed E-state index contributed by atoms with van der Waals surface area (Å²) in [5.41, 5.74) is 1.68. The number of rotatable bonds is 2. The average Bonchev–Trinajstić information content (AvgIpc) is 2.93. The van der Waals surface area contributed by atoms with Crippen LogP contribution in [-0.4, -0.2) is 29.1 Å². The topological polar surface area (TPSA) is 20.3 Å². The van der Waals surface area contributed by atoms with Gasteiger partial charge in [0, 0.05) is 29.7 Å². The third-order valence-corrected chi connectivity index (χ3v) is 5.88. The molecule has 20 heavy (non-hydrogen) atoms. The minimum absolute atomic E-state index is 0.232. The number of nitrogens with zero attached hydrogens (tertiary/aromatic N) is 1. The number of hydrogen-bond donors (Lipinski definition) is 0. The molecule has 1 saturated heterocycles. The molecule has 0 N–H and O–H groups in total. The maximum Gasteiger partial charge on any atom is 0.222 e. The van der Waals surface area contributed by atoms with E-state index in [-0.39, 0.29) is 5.41 Å². The molecule has 1 aromatic rings. The van der Waals surface area contributed by atoms with Crippen LogP contribution in [0.3, 0.4) is 0 Å². The van der Waals surface area contributed by atoms with Crippen LogP contribution in [-0.2, 0) is 11.2 Å². The molecule has 2 heterocycles. The molecule has 2 unspecified atom stereocenters. The molecule has 1 fully saturated rings. The number of amides is 1. The smallest absolute Gasteiger partial charge is 0.222 e. The second kappa shape index (κ2) is 5.10. The lowest BCUT2D eigenvalue weighted by atomic mass is 9.80. The largest absolute Gasteiger partial charge is 0.341 e. The van der Waals surface area contributed by atoms with Crippen LogP contribution in [0.5, 0.6) is 0 Å². The van der Waals surface area contributed by atoms with E-state index in [0.29, 0.717) is 17.1 Å². The maximum absolute atomic E-state index is 12.2. The molecule has 2 atom stereocenters. The summed E-state index contributed by atoms with van der Waals surface area (Å²) in [5.74, 6) is 0.852. The molecule has 3 rings (SSSR count). The number of thioether (sulfide) groups is 1. The Morgan fingerprint density at radius 2 is 2.00 bits per heavy atom. The van der Waals surface area contributed by atoms with E-state index in [1.165, 1.54) is 10.5 Å². The molecule has 0 bridgehead atoms. The Hall–Kier alpha value is -0.960. The lowest BCUT2D eigenvalue weighted by Crippen LogP contribution is -2.33. The van der Waals surface area contributed by atoms with E-state index in [4.69, 9.17) is 0 Å². The van der Waals surface area contributed by atoms with Gasteiger partial charge in [-0.2, -0.15) is 0 Å². The zero-order chi connectivity index (χ0) is 14.3. The van der Waals surface area contributed by atoms with Crippen molar-refractivity contribution in [1.82, 2.24) is 4.90 Å². The SMILES string of the molecule is CC(C)(C)C1CC(=O)N(CC2Cc3ccccc3S2)C1. The predicted octanol–water partition coefficient (Wildman–Crippen LogP) is 3.60. The van der Waals surface area contributed by atoms with Gasteiger partial charge in [-0.3, -0.25) is 4.79 Å². The average molecular weight is 289 g/mol. The van der Waals surface area contributed by atoms with Crippen molar-refractivity contribution in [1.29, 1.82) is 0 Å². The molecule has 2 nitrogen and oxygen atoms in total. The number of likely N-dealkylation sites (tertiary alicyclic amines) is 1. The van der Waals surface area contributed by atoms with Gasteiger partial charge >= 0.3 is 0 Å². The van der Waals surface area contributed by atoms with Crippen molar-refractivity contribution >= 4 is 17.7 Å². The van der Waals surface area contributed by atoms with Crippen LogP contribution in [0.25, 0.3) is 0 Å². The third-order valence-electron chi connectivity index (χ3n) is 4.58. The van der Waals surface area contributed by atoms with Gasteiger partial charge in [-0.15, -0.1) is 11.8 Å². The second-order valence-electron chi connectivity index (χ2n) is 7.12. The van der Waals surface area contributed by atoms with Crippen LogP contribution in [0.2, 0.25) is 0 Å². The number of fused-ring (bicyclic) bond motifs is 1. The lowest BCUT2D eigenvalue weighted by Gasteiger charge is -2.27. The van der Waals surface area contributed by atoms with Crippen molar-refractivity contribution in [3.05, 3.63) is 29.8 Å². The first-order chi connectivity index (χ1) is 9.43. The summed E-state index contributed by atoms with van der Waals surface area (Å²) >= 11 is 1.94. The van der Waals surface area contributed by atoms with Gasteiger partial charge < -0.3 is 4.90 Å². The first kappa shape index (κ1) is 14.0. The Morgan fingerprint density at radius 3 is 2.65 bits per heavy atom. The Bertz CT molecular complexity index is 495. The fourth-order valence-corrected chi connectivity index (χ4v) is 4.47. The molecule has 3 heteroatoms. The monoisotopic (exact) mass is 289 g/mol. The van der Waals surface area contributed by atoms with Crippen LogP contribution in [0.1, 0.15) is 32.8 Å². The fraction of sp³-hybridized carbons (Fsp3) is 0.588.